The first-order chi connectivity index (χ1) is 20.4. The fraction of sp³-hybridized carbons (Fsp3) is 0.258. The van der Waals surface area contributed by atoms with Crippen LogP contribution in [0, 0.1) is 17.5 Å². The molecule has 0 spiro atoms. The van der Waals surface area contributed by atoms with Crippen LogP contribution in [-0.2, 0) is 14.3 Å². The van der Waals surface area contributed by atoms with Crippen molar-refractivity contribution in [3.63, 3.8) is 0 Å². The third kappa shape index (κ3) is 5.66. The molecule has 1 fully saturated rings. The summed E-state index contributed by atoms with van der Waals surface area (Å²) >= 11 is 1.17. The zero-order chi connectivity index (χ0) is 29.2. The van der Waals surface area contributed by atoms with Crippen molar-refractivity contribution < 1.29 is 27.5 Å². The number of carbonyl (C=O) groups excluding carboxylic acids is 2. The predicted octanol–water partition coefficient (Wildman–Crippen LogP) is 5.42. The molecule has 11 heteroatoms. The molecule has 0 unspecified atom stereocenters. The molecule has 6 rings (SSSR count). The molecule has 2 aliphatic rings. The monoisotopic (exact) mass is 592 g/mol. The lowest BCUT2D eigenvalue weighted by Gasteiger charge is -2.23. The second-order valence-corrected chi connectivity index (χ2v) is 11.2. The van der Waals surface area contributed by atoms with E-state index in [1.807, 2.05) is 30.3 Å². The zero-order valence-electron chi connectivity index (χ0n) is 22.4. The van der Waals surface area contributed by atoms with E-state index >= 15 is 4.39 Å². The van der Waals surface area contributed by atoms with E-state index in [1.165, 1.54) is 57.7 Å². The van der Waals surface area contributed by atoms with E-state index < -0.39 is 28.6 Å². The third-order valence-corrected chi connectivity index (χ3v) is 8.54. The first-order valence-electron chi connectivity index (χ1n) is 13.6. The summed E-state index contributed by atoms with van der Waals surface area (Å²) in [4.78, 5) is 28.3. The number of halogens is 3. The van der Waals surface area contributed by atoms with Gasteiger partial charge in [-0.3, -0.25) is 14.5 Å². The smallest absolute Gasteiger partial charge is 0.240 e. The maximum Gasteiger partial charge on any atom is 0.240 e. The van der Waals surface area contributed by atoms with Crippen molar-refractivity contribution in [1.82, 2.24) is 15.1 Å². The second-order valence-electron chi connectivity index (χ2n) is 10.1. The van der Waals surface area contributed by atoms with Crippen molar-refractivity contribution in [2.75, 3.05) is 30.3 Å². The van der Waals surface area contributed by atoms with Gasteiger partial charge in [0.15, 0.2) is 0 Å². The topological polar surface area (TPSA) is 76.5 Å². The normalized spacial score (nSPS) is 18.5. The highest BCUT2D eigenvalue weighted by Crippen LogP contribution is 2.49. The predicted molar refractivity (Wildman–Crippen MR) is 154 cm³/mol. The summed E-state index contributed by atoms with van der Waals surface area (Å²) in [7, 11) is 0. The highest BCUT2D eigenvalue weighted by Gasteiger charge is 2.38. The van der Waals surface area contributed by atoms with Crippen LogP contribution in [-0.4, -0.2) is 53.1 Å². The summed E-state index contributed by atoms with van der Waals surface area (Å²) in [5, 5.41) is 6.96. The van der Waals surface area contributed by atoms with Crippen LogP contribution in [0.4, 0.5) is 19.0 Å². The number of amides is 2. The number of fused-ring (bicyclic) bond motifs is 1. The van der Waals surface area contributed by atoms with Crippen LogP contribution in [0.25, 0.3) is 16.9 Å². The Bertz CT molecular complexity index is 1610. The Balaban J connectivity index is 1.53. The maximum atomic E-state index is 15.3. The molecular weight excluding hydrogens is 565 g/mol. The SMILES string of the molecule is O=C(CN1C(=O)CS[C@@H](c2ccc(F)cc2F)c2c(-c3ccccc3)nn(-c3ccc(F)cc3)c21)NC[C@H]1CCCO1. The minimum atomic E-state index is -0.770. The Morgan fingerprint density at radius 1 is 1.02 bits per heavy atom. The van der Waals surface area contributed by atoms with Gasteiger partial charge in [0.25, 0.3) is 0 Å². The number of nitrogens with zero attached hydrogens (tertiary/aromatic N) is 3. The van der Waals surface area contributed by atoms with E-state index in [0.717, 1.165) is 18.9 Å². The van der Waals surface area contributed by atoms with Crippen LogP contribution in [0.15, 0.2) is 72.8 Å². The molecular formula is C31H27F3N4O3S. The van der Waals surface area contributed by atoms with Crippen molar-refractivity contribution in [2.45, 2.75) is 24.2 Å². The molecule has 42 heavy (non-hydrogen) atoms. The van der Waals surface area contributed by atoms with Gasteiger partial charge in [0, 0.05) is 35.9 Å². The molecule has 2 aliphatic heterocycles. The van der Waals surface area contributed by atoms with Gasteiger partial charge < -0.3 is 10.1 Å². The molecule has 3 aromatic carbocycles. The lowest BCUT2D eigenvalue weighted by atomic mass is 9.99. The van der Waals surface area contributed by atoms with Gasteiger partial charge >= 0.3 is 0 Å². The van der Waals surface area contributed by atoms with Crippen LogP contribution >= 0.6 is 11.8 Å². The molecule has 1 aromatic heterocycles. The number of ether oxygens (including phenoxy) is 1. The standard InChI is InChI=1S/C31H27F3N4O3S/c32-20-8-11-22(12-9-20)38-31-28(29(36-38)19-5-2-1-3-6-19)30(24-13-10-21(33)15-25(24)34)42-18-27(40)37(31)17-26(39)35-16-23-7-4-14-41-23/h1-3,5-6,8-13,15,23,30H,4,7,14,16-18H2,(H,35,39)/t23-,30+/m1/s1. The van der Waals surface area contributed by atoms with Gasteiger partial charge in [0.1, 0.15) is 29.8 Å². The van der Waals surface area contributed by atoms with Crippen molar-refractivity contribution in [2.24, 2.45) is 0 Å². The summed E-state index contributed by atoms with van der Waals surface area (Å²) in [5.41, 5.74) is 2.25. The summed E-state index contributed by atoms with van der Waals surface area (Å²) < 4.78 is 50.3. The van der Waals surface area contributed by atoms with Gasteiger partial charge in [-0.25, -0.2) is 17.9 Å². The average Bonchev–Trinajstić information content (AvgIpc) is 3.62. The van der Waals surface area contributed by atoms with Gasteiger partial charge in [0.05, 0.1) is 28.5 Å². The van der Waals surface area contributed by atoms with E-state index in [9.17, 15) is 18.4 Å². The molecule has 7 nitrogen and oxygen atoms in total. The molecule has 1 N–H and O–H groups in total. The molecule has 0 radical (unpaired) electrons. The van der Waals surface area contributed by atoms with Crippen molar-refractivity contribution in [1.29, 1.82) is 0 Å². The lowest BCUT2D eigenvalue weighted by molar-refractivity contribution is -0.123. The number of rotatable bonds is 7. The summed E-state index contributed by atoms with van der Waals surface area (Å²) in [6.07, 6.45) is 1.68. The van der Waals surface area contributed by atoms with Gasteiger partial charge in [-0.15, -0.1) is 11.8 Å². The summed E-state index contributed by atoms with van der Waals surface area (Å²) in [6, 6.07) is 18.1. The first kappa shape index (κ1) is 28.0. The Morgan fingerprint density at radius 3 is 2.50 bits per heavy atom. The van der Waals surface area contributed by atoms with Crippen molar-refractivity contribution in [3.8, 4) is 16.9 Å². The van der Waals surface area contributed by atoms with Gasteiger partial charge in [-0.2, -0.15) is 5.10 Å². The van der Waals surface area contributed by atoms with Crippen LogP contribution in [0.5, 0.6) is 0 Å². The fourth-order valence-electron chi connectivity index (χ4n) is 5.28. The molecule has 1 saturated heterocycles. The van der Waals surface area contributed by atoms with Gasteiger partial charge in [-0.1, -0.05) is 36.4 Å². The molecule has 216 valence electrons. The fourth-order valence-corrected chi connectivity index (χ4v) is 6.50. The van der Waals surface area contributed by atoms with Crippen LogP contribution in [0.1, 0.15) is 29.2 Å². The zero-order valence-corrected chi connectivity index (χ0v) is 23.3. The minimum Gasteiger partial charge on any atom is -0.376 e. The van der Waals surface area contributed by atoms with Gasteiger partial charge in [-0.05, 0) is 43.2 Å². The second kappa shape index (κ2) is 12.0. The molecule has 2 atom stereocenters. The first-order valence-corrected chi connectivity index (χ1v) is 14.6. The summed E-state index contributed by atoms with van der Waals surface area (Å²) in [6.45, 7) is 0.642. The molecule has 4 aromatic rings. The highest BCUT2D eigenvalue weighted by atomic mass is 32.2. The van der Waals surface area contributed by atoms with E-state index in [1.54, 1.807) is 0 Å². The Hall–Kier alpha value is -4.09. The van der Waals surface area contributed by atoms with Crippen molar-refractivity contribution in [3.05, 3.63) is 101 Å². The van der Waals surface area contributed by atoms with Crippen LogP contribution in [0.2, 0.25) is 0 Å². The molecule has 0 saturated carbocycles. The number of carbonyl (C=O) groups is 2. The number of anilines is 1. The molecule has 0 bridgehead atoms. The average molecular weight is 593 g/mol. The van der Waals surface area contributed by atoms with E-state index in [4.69, 9.17) is 9.84 Å². The minimum absolute atomic E-state index is 0.0766. The summed E-state index contributed by atoms with van der Waals surface area (Å²) in [5.74, 6) is -2.54. The van der Waals surface area contributed by atoms with Crippen molar-refractivity contribution >= 4 is 29.4 Å². The Kier molecular flexibility index (Phi) is 8.03. The number of nitrogens with one attached hydrogen (secondary N) is 1. The number of thioether (sulfide) groups is 1. The molecule has 3 heterocycles. The largest absolute Gasteiger partial charge is 0.376 e. The lowest BCUT2D eigenvalue weighted by Crippen LogP contribution is -2.44. The molecule has 2 amide bonds. The van der Waals surface area contributed by atoms with E-state index in [0.29, 0.717) is 35.7 Å². The van der Waals surface area contributed by atoms with E-state index in [2.05, 4.69) is 5.32 Å². The highest BCUT2D eigenvalue weighted by molar-refractivity contribution is 8.00. The number of aromatic nitrogens is 2. The Labute approximate surface area is 244 Å². The molecule has 0 aliphatic carbocycles. The van der Waals surface area contributed by atoms with Crippen LogP contribution < -0.4 is 10.2 Å². The quantitative estimate of drug-likeness (QED) is 0.310. The number of hydrogen-bond donors (Lipinski definition) is 1. The number of hydrogen-bond acceptors (Lipinski definition) is 5. The Morgan fingerprint density at radius 2 is 1.79 bits per heavy atom. The number of benzene rings is 3. The maximum absolute atomic E-state index is 15.3. The van der Waals surface area contributed by atoms with E-state index in [-0.39, 0.29) is 35.7 Å². The van der Waals surface area contributed by atoms with Crippen LogP contribution in [0.3, 0.4) is 0 Å². The van der Waals surface area contributed by atoms with Gasteiger partial charge in [0.2, 0.25) is 11.8 Å². The third-order valence-electron chi connectivity index (χ3n) is 7.31.